The third-order valence-corrected chi connectivity index (χ3v) is 16.6. The molecule has 1 aliphatic carbocycles. The number of halogens is 1. The maximum Gasteiger partial charge on any atom is 0.126 e. The number of aromatic hydroxyl groups is 5. The summed E-state index contributed by atoms with van der Waals surface area (Å²) in [5.41, 5.74) is 14.0. The van der Waals surface area contributed by atoms with Crippen LogP contribution in [0.4, 0.5) is 0 Å². The Labute approximate surface area is 483 Å². The van der Waals surface area contributed by atoms with Gasteiger partial charge >= 0.3 is 0 Å². The fourth-order valence-electron chi connectivity index (χ4n) is 10.9. The van der Waals surface area contributed by atoms with Crippen molar-refractivity contribution in [1.29, 1.82) is 0 Å². The topological polar surface area (TPSA) is 110 Å². The van der Waals surface area contributed by atoms with E-state index in [-0.39, 0.29) is 93.5 Å². The first kappa shape index (κ1) is 59.7. The van der Waals surface area contributed by atoms with Crippen LogP contribution in [-0.4, -0.2) is 25.5 Å². The molecule has 0 radical (unpaired) electrons. The molecule has 0 amide bonds. The lowest BCUT2D eigenvalue weighted by molar-refractivity contribution is 0.300. The SMILES string of the molecule is CC(C)(C)c1cc2c(O)c(c1)Cc1cc(C(C)(C)C)cc(c1O)Cc1cc(C(C)(C)C)cc(c1O)Cc1cc(C(C)(C)C)cc(c1OCc1ccc(Cl)cc1)Cc1cc(C(C)(C)C)cc(c1O)Cc1cc(C(C)(C)C)cc(c1O)C2. The van der Waals surface area contributed by atoms with Crippen LogP contribution >= 0.6 is 11.6 Å². The molecule has 0 aromatic heterocycles. The lowest BCUT2D eigenvalue weighted by Gasteiger charge is -2.27. The molecule has 7 aromatic rings. The minimum atomic E-state index is -0.308. The van der Waals surface area contributed by atoms with Crippen LogP contribution in [0.15, 0.2) is 97.1 Å². The van der Waals surface area contributed by atoms with Crippen LogP contribution in [0.3, 0.4) is 0 Å². The van der Waals surface area contributed by atoms with Gasteiger partial charge < -0.3 is 30.3 Å². The van der Waals surface area contributed by atoms with Gasteiger partial charge in [0.05, 0.1) is 0 Å². The number of ether oxygens (including phenoxy) is 1. The standard InChI is InChI=1S/C73H89ClO6/c1-68(2,3)55-29-43-23-45-31-56(69(4,5)6)33-47(63(45)76)25-49-35-58(71(10,11)12)37-51(65(49)78)27-53-39-60(73(16,17)18)40-54(67(53)80-41-42-19-21-61(74)22-20-42)28-52-38-59(72(13,14)15)36-50(66(52)79)26-48-34-57(70(7,8)9)32-46(64(48)77)24-44(30-55)62(43)75/h19-22,29-40,75-79H,23-28,41H2,1-18H3. The number of phenols is 5. The van der Waals surface area contributed by atoms with E-state index in [0.717, 1.165) is 61.2 Å². The molecule has 0 aliphatic heterocycles. The summed E-state index contributed by atoms with van der Waals surface area (Å²) in [7, 11) is 0. The monoisotopic (exact) mass is 1100 g/mol. The molecule has 0 atom stereocenters. The molecule has 0 saturated carbocycles. The van der Waals surface area contributed by atoms with Gasteiger partial charge in [0.15, 0.2) is 0 Å². The highest BCUT2D eigenvalue weighted by Gasteiger charge is 2.30. The van der Waals surface area contributed by atoms with E-state index in [4.69, 9.17) is 16.3 Å². The number of hydrogen-bond donors (Lipinski definition) is 5. The van der Waals surface area contributed by atoms with E-state index in [1.165, 1.54) is 0 Å². The highest BCUT2D eigenvalue weighted by Crippen LogP contribution is 2.45. The van der Waals surface area contributed by atoms with Gasteiger partial charge in [0.25, 0.3) is 0 Å². The molecule has 6 nitrogen and oxygen atoms in total. The van der Waals surface area contributed by atoms with Gasteiger partial charge in [-0.05, 0) is 150 Å². The second-order valence-corrected chi connectivity index (χ2v) is 29.8. The Hall–Kier alpha value is -6.37. The van der Waals surface area contributed by atoms with Gasteiger partial charge in [-0.1, -0.05) is 221 Å². The largest absolute Gasteiger partial charge is 0.507 e. The number of hydrogen-bond acceptors (Lipinski definition) is 6. The molecular formula is C73H89ClO6. The molecule has 0 spiro atoms. The second-order valence-electron chi connectivity index (χ2n) is 29.3. The van der Waals surface area contributed by atoms with Crippen molar-refractivity contribution in [2.75, 3.05) is 0 Å². The average Bonchev–Trinajstić information content (AvgIpc) is 3.42. The predicted molar refractivity (Wildman–Crippen MR) is 332 cm³/mol. The van der Waals surface area contributed by atoms with Crippen molar-refractivity contribution in [3.8, 4) is 34.5 Å². The van der Waals surface area contributed by atoms with E-state index >= 15 is 0 Å². The van der Waals surface area contributed by atoms with Crippen molar-refractivity contribution in [3.05, 3.63) is 208 Å². The van der Waals surface area contributed by atoms with E-state index in [0.29, 0.717) is 68.1 Å². The van der Waals surface area contributed by atoms with Crippen LogP contribution in [0, 0.1) is 0 Å². The quantitative estimate of drug-likeness (QED) is 0.121. The molecule has 0 heterocycles. The summed E-state index contributed by atoms with van der Waals surface area (Å²) < 4.78 is 7.08. The van der Waals surface area contributed by atoms with Crippen LogP contribution in [-0.2, 0) is 77.6 Å². The van der Waals surface area contributed by atoms with Gasteiger partial charge in [0.2, 0.25) is 0 Å². The molecule has 424 valence electrons. The fraction of sp³-hybridized carbons (Fsp3) is 0.425. The normalized spacial score (nSPS) is 13.9. The molecule has 0 unspecified atom stereocenters. The second kappa shape index (κ2) is 21.5. The van der Waals surface area contributed by atoms with E-state index in [1.807, 2.05) is 24.3 Å². The maximum atomic E-state index is 12.8. The highest BCUT2D eigenvalue weighted by atomic mass is 35.5. The Morgan fingerprint density at radius 1 is 0.300 bits per heavy atom. The van der Waals surface area contributed by atoms with E-state index in [9.17, 15) is 25.5 Å². The van der Waals surface area contributed by atoms with Crippen molar-refractivity contribution < 1.29 is 30.3 Å². The smallest absolute Gasteiger partial charge is 0.126 e. The minimum Gasteiger partial charge on any atom is -0.507 e. The lowest BCUT2D eigenvalue weighted by Crippen LogP contribution is -2.16. The zero-order chi connectivity index (χ0) is 59.0. The molecule has 7 aromatic carbocycles. The summed E-state index contributed by atoms with van der Waals surface area (Å²) in [6.07, 6.45) is 1.62. The molecule has 0 saturated heterocycles. The van der Waals surface area contributed by atoms with Crippen LogP contribution in [0.25, 0.3) is 0 Å². The zero-order valence-electron chi connectivity index (χ0n) is 51.2. The molecule has 8 rings (SSSR count). The minimum absolute atomic E-state index is 0.117. The Bertz CT molecular complexity index is 3290. The Morgan fingerprint density at radius 3 is 0.662 bits per heavy atom. The number of fused-ring (bicyclic) bond motifs is 12. The molecule has 80 heavy (non-hydrogen) atoms. The molecular weight excluding hydrogens is 1010 g/mol. The van der Waals surface area contributed by atoms with Crippen molar-refractivity contribution in [2.24, 2.45) is 0 Å². The predicted octanol–water partition coefficient (Wildman–Crippen LogP) is 18.1. The summed E-state index contributed by atoms with van der Waals surface area (Å²) in [5, 5.41) is 64.2. The van der Waals surface area contributed by atoms with E-state index in [1.54, 1.807) is 0 Å². The maximum absolute atomic E-state index is 12.8. The Balaban J connectivity index is 1.47. The first-order valence-corrected chi connectivity index (χ1v) is 29.0. The van der Waals surface area contributed by atoms with Crippen molar-refractivity contribution >= 4 is 11.6 Å². The summed E-state index contributed by atoms with van der Waals surface area (Å²) in [6.45, 7) is 39.4. The first-order chi connectivity index (χ1) is 36.8. The third-order valence-electron chi connectivity index (χ3n) is 16.4. The van der Waals surface area contributed by atoms with Crippen LogP contribution in [0.5, 0.6) is 34.5 Å². The number of rotatable bonds is 3. The highest BCUT2D eigenvalue weighted by molar-refractivity contribution is 6.30. The van der Waals surface area contributed by atoms with Crippen molar-refractivity contribution in [1.82, 2.24) is 0 Å². The van der Waals surface area contributed by atoms with Crippen LogP contribution < -0.4 is 4.74 Å². The van der Waals surface area contributed by atoms with Crippen LogP contribution in [0.2, 0.25) is 5.02 Å². The fourth-order valence-corrected chi connectivity index (χ4v) is 11.0. The number of phenolic OH excluding ortho intramolecular Hbond substituents is 5. The van der Waals surface area contributed by atoms with Gasteiger partial charge in [0, 0.05) is 43.5 Å². The molecule has 7 heteroatoms. The van der Waals surface area contributed by atoms with Crippen molar-refractivity contribution in [3.63, 3.8) is 0 Å². The molecule has 1 aliphatic rings. The molecule has 0 fully saturated rings. The third kappa shape index (κ3) is 13.2. The van der Waals surface area contributed by atoms with Gasteiger partial charge in [-0.3, -0.25) is 0 Å². The van der Waals surface area contributed by atoms with E-state index in [2.05, 4.69) is 197 Å². The Kier molecular flexibility index (Phi) is 16.1. The summed E-state index contributed by atoms with van der Waals surface area (Å²) in [6, 6.07) is 32.9. The molecule has 5 N–H and O–H groups in total. The van der Waals surface area contributed by atoms with Gasteiger partial charge in [-0.25, -0.2) is 0 Å². The summed E-state index contributed by atoms with van der Waals surface area (Å²) in [4.78, 5) is 0. The Morgan fingerprint density at radius 2 is 0.475 bits per heavy atom. The molecule has 12 bridgehead atoms. The summed E-state index contributed by atoms with van der Waals surface area (Å²) >= 11 is 6.39. The average molecular weight is 1100 g/mol. The van der Waals surface area contributed by atoms with Crippen molar-refractivity contribution in [2.45, 2.75) is 202 Å². The lowest BCUT2D eigenvalue weighted by atomic mass is 9.79. The van der Waals surface area contributed by atoms with Crippen LogP contribution in [0.1, 0.15) is 230 Å². The number of benzene rings is 7. The zero-order valence-corrected chi connectivity index (χ0v) is 52.0. The van der Waals surface area contributed by atoms with Gasteiger partial charge in [-0.15, -0.1) is 0 Å². The van der Waals surface area contributed by atoms with Gasteiger partial charge in [0.1, 0.15) is 41.1 Å². The summed E-state index contributed by atoms with van der Waals surface area (Å²) in [5.74, 6) is 1.35. The first-order valence-electron chi connectivity index (χ1n) is 28.6. The van der Waals surface area contributed by atoms with Gasteiger partial charge in [-0.2, -0.15) is 0 Å². The van der Waals surface area contributed by atoms with E-state index < -0.39 is 0 Å².